The van der Waals surface area contributed by atoms with Crippen molar-refractivity contribution in [2.75, 3.05) is 59.6 Å². The lowest BCUT2D eigenvalue weighted by Crippen LogP contribution is -2.47. The second-order valence-corrected chi connectivity index (χ2v) is 7.49. The van der Waals surface area contributed by atoms with Gasteiger partial charge in [-0.2, -0.15) is 0 Å². The maximum atomic E-state index is 13.0. The van der Waals surface area contributed by atoms with E-state index in [1.54, 1.807) is 14.0 Å². The number of morpholine rings is 1. The first-order chi connectivity index (χ1) is 13.5. The summed E-state index contributed by atoms with van der Waals surface area (Å²) in [5, 5.41) is 0. The van der Waals surface area contributed by atoms with Crippen molar-refractivity contribution in [1.82, 2.24) is 14.7 Å². The fourth-order valence-electron chi connectivity index (χ4n) is 4.09. The van der Waals surface area contributed by atoms with E-state index in [1.807, 2.05) is 34.9 Å². The Morgan fingerprint density at radius 3 is 2.68 bits per heavy atom. The molecule has 2 amide bonds. The van der Waals surface area contributed by atoms with Gasteiger partial charge in [-0.05, 0) is 25.5 Å². The summed E-state index contributed by atoms with van der Waals surface area (Å²) < 4.78 is 10.7. The number of hydrogen-bond acceptors (Lipinski definition) is 5. The number of carbonyl (C=O) groups excluding carboxylic acids is 2. The molecule has 2 fully saturated rings. The fourth-order valence-corrected chi connectivity index (χ4v) is 4.09. The van der Waals surface area contributed by atoms with Gasteiger partial charge in [0.25, 0.3) is 5.91 Å². The first-order valence-electron chi connectivity index (χ1n) is 10.0. The van der Waals surface area contributed by atoms with Crippen LogP contribution < -0.4 is 4.74 Å². The molecule has 7 nitrogen and oxygen atoms in total. The first kappa shape index (κ1) is 20.6. The zero-order chi connectivity index (χ0) is 20.1. The van der Waals surface area contributed by atoms with E-state index in [4.69, 9.17) is 9.47 Å². The number of carbonyl (C=O) groups is 2. The van der Waals surface area contributed by atoms with E-state index >= 15 is 0 Å². The summed E-state index contributed by atoms with van der Waals surface area (Å²) >= 11 is 0. The maximum Gasteiger partial charge on any atom is 0.254 e. The molecule has 0 spiro atoms. The maximum absolute atomic E-state index is 13.0. The number of ether oxygens (including phenoxy) is 2. The Morgan fingerprint density at radius 1 is 1.25 bits per heavy atom. The number of benzene rings is 1. The molecule has 1 aromatic rings. The van der Waals surface area contributed by atoms with Gasteiger partial charge in [0.05, 0.1) is 26.4 Å². The average molecular weight is 389 g/mol. The minimum atomic E-state index is 0.00980. The Morgan fingerprint density at radius 2 is 2.00 bits per heavy atom. The smallest absolute Gasteiger partial charge is 0.254 e. The Balaban J connectivity index is 1.62. The largest absolute Gasteiger partial charge is 0.496 e. The molecule has 1 unspecified atom stereocenters. The van der Waals surface area contributed by atoms with Gasteiger partial charge in [0.2, 0.25) is 5.91 Å². The van der Waals surface area contributed by atoms with E-state index in [1.165, 1.54) is 0 Å². The molecule has 1 atom stereocenters. The van der Waals surface area contributed by atoms with Crippen molar-refractivity contribution < 1.29 is 19.1 Å². The van der Waals surface area contributed by atoms with Gasteiger partial charge in [-0.15, -0.1) is 0 Å². The normalized spacial score (nSPS) is 20.2. The highest BCUT2D eigenvalue weighted by atomic mass is 16.5. The molecule has 2 saturated heterocycles. The summed E-state index contributed by atoms with van der Waals surface area (Å²) in [6.07, 6.45) is 0.817. The molecule has 3 rings (SSSR count). The summed E-state index contributed by atoms with van der Waals surface area (Å²) in [5.41, 5.74) is 1.52. The van der Waals surface area contributed by atoms with Crippen molar-refractivity contribution >= 4 is 11.8 Å². The van der Waals surface area contributed by atoms with Crippen molar-refractivity contribution in [3.63, 3.8) is 0 Å². The van der Waals surface area contributed by atoms with E-state index in [0.717, 1.165) is 50.6 Å². The van der Waals surface area contributed by atoms with Crippen molar-refractivity contribution in [2.45, 2.75) is 26.3 Å². The van der Waals surface area contributed by atoms with Gasteiger partial charge in [-0.3, -0.25) is 14.5 Å². The van der Waals surface area contributed by atoms with Crippen molar-refractivity contribution in [3.05, 3.63) is 29.3 Å². The summed E-state index contributed by atoms with van der Waals surface area (Å²) in [5.74, 6) is 0.804. The van der Waals surface area contributed by atoms with Gasteiger partial charge in [0.1, 0.15) is 5.75 Å². The lowest BCUT2D eigenvalue weighted by Gasteiger charge is -2.32. The molecule has 7 heteroatoms. The van der Waals surface area contributed by atoms with Crippen LogP contribution in [0.1, 0.15) is 29.3 Å². The molecular formula is C21H31N3O4. The van der Waals surface area contributed by atoms with Crippen molar-refractivity contribution in [3.8, 4) is 5.75 Å². The minimum Gasteiger partial charge on any atom is -0.496 e. The standard InChI is InChI=1S/C21H31N3O4/c1-16-19(5-4-6-20(16)27-3)21(26)23-8-7-18(15-23)24(17(2)25)10-9-22-11-13-28-14-12-22/h4-6,18H,7-15H2,1-3H3. The number of hydrogen-bond donors (Lipinski definition) is 0. The fraction of sp³-hybridized carbons (Fsp3) is 0.619. The molecule has 0 aliphatic carbocycles. The van der Waals surface area contributed by atoms with Gasteiger partial charge in [-0.25, -0.2) is 0 Å². The summed E-state index contributed by atoms with van der Waals surface area (Å²) in [7, 11) is 1.61. The second-order valence-electron chi connectivity index (χ2n) is 7.49. The number of nitrogens with zero attached hydrogens (tertiary/aromatic N) is 3. The van der Waals surface area contributed by atoms with Crippen LogP contribution in [0.15, 0.2) is 18.2 Å². The van der Waals surface area contributed by atoms with E-state index in [2.05, 4.69) is 4.90 Å². The van der Waals surface area contributed by atoms with Crippen LogP contribution in [0.2, 0.25) is 0 Å². The molecule has 2 heterocycles. The van der Waals surface area contributed by atoms with Crippen LogP contribution in [-0.4, -0.2) is 92.1 Å². The lowest BCUT2D eigenvalue weighted by molar-refractivity contribution is -0.131. The molecule has 2 aliphatic heterocycles. The molecule has 0 N–H and O–H groups in total. The summed E-state index contributed by atoms with van der Waals surface area (Å²) in [4.78, 5) is 31.4. The molecule has 2 aliphatic rings. The topological polar surface area (TPSA) is 62.3 Å². The van der Waals surface area contributed by atoms with Crippen LogP contribution in [0.5, 0.6) is 5.75 Å². The quantitative estimate of drug-likeness (QED) is 0.736. The van der Waals surface area contributed by atoms with E-state index in [-0.39, 0.29) is 17.9 Å². The highest BCUT2D eigenvalue weighted by Crippen LogP contribution is 2.25. The molecule has 0 aromatic heterocycles. The third-order valence-corrected chi connectivity index (χ3v) is 5.79. The molecule has 0 bridgehead atoms. The number of amides is 2. The third-order valence-electron chi connectivity index (χ3n) is 5.79. The summed E-state index contributed by atoms with van der Waals surface area (Å²) in [6.45, 7) is 9.66. The number of likely N-dealkylation sites (tertiary alicyclic amines) is 1. The van der Waals surface area contributed by atoms with Crippen LogP contribution >= 0.6 is 0 Å². The van der Waals surface area contributed by atoms with Crippen LogP contribution in [0.25, 0.3) is 0 Å². The van der Waals surface area contributed by atoms with Gasteiger partial charge >= 0.3 is 0 Å². The highest BCUT2D eigenvalue weighted by Gasteiger charge is 2.33. The molecule has 0 saturated carbocycles. The monoisotopic (exact) mass is 389 g/mol. The zero-order valence-electron chi connectivity index (χ0n) is 17.1. The van der Waals surface area contributed by atoms with Crippen LogP contribution in [-0.2, 0) is 9.53 Å². The molecular weight excluding hydrogens is 358 g/mol. The molecule has 0 radical (unpaired) electrons. The number of methoxy groups -OCH3 is 1. The second kappa shape index (κ2) is 9.39. The Labute approximate surface area is 167 Å². The molecule has 28 heavy (non-hydrogen) atoms. The van der Waals surface area contributed by atoms with E-state index < -0.39 is 0 Å². The molecule has 1 aromatic carbocycles. The average Bonchev–Trinajstić information content (AvgIpc) is 3.18. The zero-order valence-corrected chi connectivity index (χ0v) is 17.1. The number of rotatable bonds is 6. The van der Waals surface area contributed by atoms with Gasteiger partial charge < -0.3 is 19.3 Å². The minimum absolute atomic E-state index is 0.00980. The van der Waals surface area contributed by atoms with Crippen LogP contribution in [0.3, 0.4) is 0 Å². The van der Waals surface area contributed by atoms with Crippen LogP contribution in [0, 0.1) is 6.92 Å². The van der Waals surface area contributed by atoms with Gasteiger partial charge in [0.15, 0.2) is 0 Å². The van der Waals surface area contributed by atoms with E-state index in [9.17, 15) is 9.59 Å². The highest BCUT2D eigenvalue weighted by molar-refractivity contribution is 5.96. The third kappa shape index (κ3) is 4.64. The van der Waals surface area contributed by atoms with Gasteiger partial charge in [0, 0.05) is 57.3 Å². The van der Waals surface area contributed by atoms with Gasteiger partial charge in [-0.1, -0.05) is 6.07 Å². The van der Waals surface area contributed by atoms with Crippen molar-refractivity contribution in [2.24, 2.45) is 0 Å². The lowest BCUT2D eigenvalue weighted by atomic mass is 10.1. The van der Waals surface area contributed by atoms with E-state index in [0.29, 0.717) is 25.2 Å². The Bertz CT molecular complexity index is 703. The summed E-state index contributed by atoms with van der Waals surface area (Å²) in [6, 6.07) is 5.63. The SMILES string of the molecule is COc1cccc(C(=O)N2CCC(N(CCN3CCOCC3)C(C)=O)C2)c1C. The first-order valence-corrected chi connectivity index (χ1v) is 10.0. The van der Waals surface area contributed by atoms with Crippen molar-refractivity contribution in [1.29, 1.82) is 0 Å². The predicted octanol–water partition coefficient (Wildman–Crippen LogP) is 1.40. The Kier molecular flexibility index (Phi) is 6.91. The Hall–Kier alpha value is -2.12. The van der Waals surface area contributed by atoms with Crippen LogP contribution in [0.4, 0.5) is 0 Å². The molecule has 154 valence electrons. The predicted molar refractivity (Wildman–Crippen MR) is 107 cm³/mol.